The van der Waals surface area contributed by atoms with Crippen LogP contribution >= 0.6 is 0 Å². The van der Waals surface area contributed by atoms with E-state index in [0.29, 0.717) is 29.6 Å². The number of nitrogens with zero attached hydrogens (tertiary/aromatic N) is 8. The number of fused-ring (bicyclic) bond motifs is 2. The second-order valence-corrected chi connectivity index (χ2v) is 14.3. The highest BCUT2D eigenvalue weighted by molar-refractivity contribution is 6.05. The van der Waals surface area contributed by atoms with Crippen molar-refractivity contribution in [2.75, 3.05) is 50.5 Å². The van der Waals surface area contributed by atoms with Crippen LogP contribution in [0.25, 0.3) is 11.0 Å². The molecule has 8 rings (SSSR count). The zero-order valence-corrected chi connectivity index (χ0v) is 29.3. The van der Waals surface area contributed by atoms with Crippen molar-refractivity contribution in [3.63, 3.8) is 0 Å². The lowest BCUT2D eigenvalue weighted by molar-refractivity contribution is -0.136. The van der Waals surface area contributed by atoms with Gasteiger partial charge in [0, 0.05) is 77.4 Å². The number of halogens is 1. The topological polar surface area (TPSA) is 149 Å². The largest absolute Gasteiger partial charge is 0.368 e. The van der Waals surface area contributed by atoms with Gasteiger partial charge in [0.15, 0.2) is 0 Å². The summed E-state index contributed by atoms with van der Waals surface area (Å²) >= 11 is 0. The fraction of sp³-hybridized carbons (Fsp3) is 0.432. The number of piperazine rings is 1. The van der Waals surface area contributed by atoms with Gasteiger partial charge in [0.25, 0.3) is 11.8 Å². The van der Waals surface area contributed by atoms with Gasteiger partial charge in [-0.05, 0) is 54.7 Å². The number of piperidine rings is 1. The van der Waals surface area contributed by atoms with Gasteiger partial charge in [-0.2, -0.15) is 4.98 Å². The molecule has 4 amide bonds. The first kappa shape index (κ1) is 33.7. The van der Waals surface area contributed by atoms with Crippen LogP contribution in [0.3, 0.4) is 0 Å². The number of imide groups is 1. The molecule has 0 radical (unpaired) electrons. The van der Waals surface area contributed by atoms with Crippen molar-refractivity contribution < 1.29 is 23.6 Å². The summed E-state index contributed by atoms with van der Waals surface area (Å²) in [6.07, 6.45) is 8.27. The first-order chi connectivity index (χ1) is 25.1. The lowest BCUT2D eigenvalue weighted by Crippen LogP contribution is -2.52. The standard InChI is InChI=1S/C37H41FN10O4/c1-44(2)35(51)29-17-23-18-40-37(43-33(23)48(29)25-5-3-4-6-25)41-30-9-7-26(19-39-30)46-13-11-45(12-14-46)20-22-15-24-21-47(36(52)32(24)27(38)16-22)28-8-10-31(49)42-34(28)50/h7,9,15-19,25,28H,3-6,8,10-14,20-21H2,1-2H3,(H,42,49,50)(H,39,40,41,43). The molecule has 1 aliphatic carbocycles. The second-order valence-electron chi connectivity index (χ2n) is 14.3. The zero-order valence-electron chi connectivity index (χ0n) is 29.3. The van der Waals surface area contributed by atoms with Gasteiger partial charge in [-0.25, -0.2) is 14.4 Å². The van der Waals surface area contributed by atoms with Crippen molar-refractivity contribution in [2.45, 2.75) is 63.7 Å². The van der Waals surface area contributed by atoms with Crippen LogP contribution in [-0.2, 0) is 22.7 Å². The molecule has 1 aromatic carbocycles. The number of pyridine rings is 1. The third kappa shape index (κ3) is 6.33. The van der Waals surface area contributed by atoms with E-state index in [0.717, 1.165) is 74.1 Å². The zero-order chi connectivity index (χ0) is 36.1. The molecule has 52 heavy (non-hydrogen) atoms. The number of hydrogen-bond donors (Lipinski definition) is 2. The molecule has 3 aromatic heterocycles. The Kier molecular flexibility index (Phi) is 8.81. The lowest BCUT2D eigenvalue weighted by atomic mass is 10.0. The molecule has 1 saturated carbocycles. The Morgan fingerprint density at radius 1 is 1.00 bits per heavy atom. The van der Waals surface area contributed by atoms with Crippen molar-refractivity contribution in [2.24, 2.45) is 0 Å². The third-order valence-electron chi connectivity index (χ3n) is 10.7. The predicted molar refractivity (Wildman–Crippen MR) is 191 cm³/mol. The summed E-state index contributed by atoms with van der Waals surface area (Å²) in [6.45, 7) is 3.71. The summed E-state index contributed by atoms with van der Waals surface area (Å²) in [5.74, 6) is -0.980. The van der Waals surface area contributed by atoms with Crippen LogP contribution in [0.4, 0.5) is 21.8 Å². The number of hydrogen-bond acceptors (Lipinski definition) is 10. The van der Waals surface area contributed by atoms with Crippen molar-refractivity contribution >= 4 is 52.1 Å². The summed E-state index contributed by atoms with van der Waals surface area (Å²) in [5.41, 5.74) is 3.72. The van der Waals surface area contributed by atoms with E-state index in [9.17, 15) is 19.2 Å². The van der Waals surface area contributed by atoms with Crippen molar-refractivity contribution in [3.8, 4) is 0 Å². The molecule has 14 nitrogen and oxygen atoms in total. The number of carbonyl (C=O) groups excluding carboxylic acids is 4. The monoisotopic (exact) mass is 708 g/mol. The highest BCUT2D eigenvalue weighted by Gasteiger charge is 2.40. The Labute approximate surface area is 300 Å². The summed E-state index contributed by atoms with van der Waals surface area (Å²) in [6, 6.07) is 8.54. The van der Waals surface area contributed by atoms with Crippen LogP contribution in [0, 0.1) is 5.82 Å². The molecular formula is C37H41FN10O4. The average molecular weight is 709 g/mol. The maximum Gasteiger partial charge on any atom is 0.270 e. The molecule has 4 aliphatic rings. The van der Waals surface area contributed by atoms with E-state index in [1.165, 1.54) is 11.0 Å². The van der Waals surface area contributed by atoms with Gasteiger partial charge in [0.1, 0.15) is 29.0 Å². The molecule has 270 valence electrons. The fourth-order valence-corrected chi connectivity index (χ4v) is 7.99. The Morgan fingerprint density at radius 3 is 2.50 bits per heavy atom. The van der Waals surface area contributed by atoms with Gasteiger partial charge >= 0.3 is 0 Å². The molecule has 15 heteroatoms. The minimum absolute atomic E-state index is 0.0140. The Bertz CT molecular complexity index is 2070. The molecule has 0 spiro atoms. The SMILES string of the molecule is CN(C)C(=O)c1cc2cnc(Nc3ccc(N4CCN(Cc5cc(F)c6c(c5)CN(C5CCC(=O)NC5=O)C6=O)CC4)cn3)nc2n1C1CCCC1. The number of aromatic nitrogens is 4. The smallest absolute Gasteiger partial charge is 0.270 e. The molecule has 2 N–H and O–H groups in total. The summed E-state index contributed by atoms with van der Waals surface area (Å²) < 4.78 is 17.3. The van der Waals surface area contributed by atoms with Crippen molar-refractivity contribution in [3.05, 3.63) is 70.9 Å². The van der Waals surface area contributed by atoms with Crippen LogP contribution in [0.15, 0.2) is 42.7 Å². The van der Waals surface area contributed by atoms with Gasteiger partial charge < -0.3 is 24.6 Å². The van der Waals surface area contributed by atoms with Gasteiger partial charge in [-0.15, -0.1) is 0 Å². The highest BCUT2D eigenvalue weighted by atomic mass is 19.1. The molecule has 3 fully saturated rings. The number of benzene rings is 1. The molecule has 6 heterocycles. The summed E-state index contributed by atoms with van der Waals surface area (Å²) in [7, 11) is 3.52. The van der Waals surface area contributed by atoms with E-state index in [2.05, 4.69) is 35.0 Å². The van der Waals surface area contributed by atoms with Gasteiger partial charge in [-0.1, -0.05) is 18.9 Å². The normalized spacial score (nSPS) is 19.8. The molecule has 1 unspecified atom stereocenters. The van der Waals surface area contributed by atoms with Crippen LogP contribution < -0.4 is 15.5 Å². The van der Waals surface area contributed by atoms with Crippen LogP contribution in [0.1, 0.15) is 76.5 Å². The van der Waals surface area contributed by atoms with E-state index in [-0.39, 0.29) is 42.8 Å². The maximum absolute atomic E-state index is 15.3. The van der Waals surface area contributed by atoms with E-state index in [1.807, 2.05) is 30.5 Å². The van der Waals surface area contributed by atoms with E-state index in [1.54, 1.807) is 25.2 Å². The number of carbonyl (C=O) groups is 4. The Balaban J connectivity index is 0.891. The summed E-state index contributed by atoms with van der Waals surface area (Å²) in [4.78, 5) is 71.5. The first-order valence-corrected chi connectivity index (χ1v) is 17.9. The fourth-order valence-electron chi connectivity index (χ4n) is 7.99. The molecule has 1 atom stereocenters. The Hall–Kier alpha value is -5.44. The van der Waals surface area contributed by atoms with E-state index in [4.69, 9.17) is 4.98 Å². The highest BCUT2D eigenvalue weighted by Crippen LogP contribution is 2.35. The first-order valence-electron chi connectivity index (χ1n) is 17.9. The molecule has 4 aromatic rings. The Morgan fingerprint density at radius 2 is 1.79 bits per heavy atom. The number of rotatable bonds is 8. The maximum atomic E-state index is 15.3. The van der Waals surface area contributed by atoms with E-state index < -0.39 is 23.7 Å². The lowest BCUT2D eigenvalue weighted by Gasteiger charge is -2.36. The average Bonchev–Trinajstić information content (AvgIpc) is 3.86. The molecule has 0 bridgehead atoms. The second kappa shape index (κ2) is 13.6. The van der Waals surface area contributed by atoms with Crippen LogP contribution in [-0.4, -0.2) is 104 Å². The minimum Gasteiger partial charge on any atom is -0.368 e. The van der Waals surface area contributed by atoms with Gasteiger partial charge in [0.05, 0.1) is 17.4 Å². The molecule has 2 saturated heterocycles. The number of nitrogens with one attached hydrogen (secondary N) is 2. The van der Waals surface area contributed by atoms with Crippen LogP contribution in [0.2, 0.25) is 0 Å². The van der Waals surface area contributed by atoms with Crippen molar-refractivity contribution in [1.82, 2.24) is 39.5 Å². The minimum atomic E-state index is -0.778. The molecule has 3 aliphatic heterocycles. The third-order valence-corrected chi connectivity index (χ3v) is 10.7. The molecular weight excluding hydrogens is 667 g/mol. The number of anilines is 3. The summed E-state index contributed by atoms with van der Waals surface area (Å²) in [5, 5.41) is 6.35. The number of amides is 4. The predicted octanol–water partition coefficient (Wildman–Crippen LogP) is 3.61. The van der Waals surface area contributed by atoms with E-state index >= 15 is 4.39 Å². The van der Waals surface area contributed by atoms with Crippen molar-refractivity contribution in [1.29, 1.82) is 0 Å². The van der Waals surface area contributed by atoms with Crippen LogP contribution in [0.5, 0.6) is 0 Å². The van der Waals surface area contributed by atoms with Gasteiger partial charge in [-0.3, -0.25) is 29.4 Å². The van der Waals surface area contributed by atoms with Gasteiger partial charge in [0.2, 0.25) is 17.8 Å². The quantitative estimate of drug-likeness (QED) is 0.260.